The zero-order valence-corrected chi connectivity index (χ0v) is 12.0. The van der Waals surface area contributed by atoms with E-state index >= 15 is 0 Å². The van der Waals surface area contributed by atoms with Crippen LogP contribution in [-0.2, 0) is 26.1 Å². The molecule has 0 N–H and O–H groups in total. The van der Waals surface area contributed by atoms with Gasteiger partial charge in [-0.3, -0.25) is 9.00 Å². The predicted molar refractivity (Wildman–Crippen MR) is 73.7 cm³/mol. The third-order valence-electron chi connectivity index (χ3n) is 2.77. The normalized spacial score (nSPS) is 13.9. The molecule has 0 heterocycles. The number of carbonyl (C=O) groups excluding carboxylic acids is 1. The van der Waals surface area contributed by atoms with E-state index in [-0.39, 0.29) is 17.6 Å². The summed E-state index contributed by atoms with van der Waals surface area (Å²) in [5.41, 5.74) is 2.21. The second-order valence-electron chi connectivity index (χ2n) is 4.27. The van der Waals surface area contributed by atoms with Gasteiger partial charge in [-0.1, -0.05) is 31.2 Å². The molecule has 1 aromatic rings. The number of hydrogen-bond donors (Lipinski definition) is 0. The molecule has 2 unspecified atom stereocenters. The fourth-order valence-electron chi connectivity index (χ4n) is 1.62. The van der Waals surface area contributed by atoms with Crippen molar-refractivity contribution in [3.05, 3.63) is 35.4 Å². The highest BCUT2D eigenvalue weighted by Gasteiger charge is 2.17. The summed E-state index contributed by atoms with van der Waals surface area (Å²) in [6.45, 7) is 5.97. The Kier molecular flexibility index (Phi) is 6.05. The fourth-order valence-corrected chi connectivity index (χ4v) is 2.85. The van der Waals surface area contributed by atoms with E-state index in [1.807, 2.05) is 38.1 Å². The maximum atomic E-state index is 12.1. The van der Waals surface area contributed by atoms with Crippen molar-refractivity contribution in [1.29, 1.82) is 0 Å². The molecule has 0 spiro atoms. The third-order valence-corrected chi connectivity index (χ3v) is 4.43. The van der Waals surface area contributed by atoms with Crippen molar-refractivity contribution in [2.45, 2.75) is 38.2 Å². The van der Waals surface area contributed by atoms with Crippen LogP contribution in [0.25, 0.3) is 0 Å². The van der Waals surface area contributed by atoms with E-state index in [9.17, 15) is 9.00 Å². The van der Waals surface area contributed by atoms with Crippen molar-refractivity contribution >= 4 is 16.8 Å². The molecular weight excluding hydrogens is 248 g/mol. The lowest BCUT2D eigenvalue weighted by Crippen LogP contribution is -2.19. The Morgan fingerprint density at radius 3 is 2.67 bits per heavy atom. The van der Waals surface area contributed by atoms with Gasteiger partial charge >= 0.3 is 5.97 Å². The van der Waals surface area contributed by atoms with Crippen LogP contribution >= 0.6 is 0 Å². The van der Waals surface area contributed by atoms with Crippen LogP contribution in [0.3, 0.4) is 0 Å². The molecule has 2 atom stereocenters. The van der Waals surface area contributed by atoms with E-state index in [0.717, 1.165) is 11.1 Å². The Morgan fingerprint density at radius 1 is 1.39 bits per heavy atom. The van der Waals surface area contributed by atoms with Gasteiger partial charge in [-0.05, 0) is 25.0 Å². The smallest absolute Gasteiger partial charge is 0.306 e. The van der Waals surface area contributed by atoms with Crippen LogP contribution < -0.4 is 0 Å². The average molecular weight is 268 g/mol. The highest BCUT2D eigenvalue weighted by Crippen LogP contribution is 2.13. The molecule has 0 aromatic heterocycles. The first-order chi connectivity index (χ1) is 8.54. The van der Waals surface area contributed by atoms with Gasteiger partial charge in [0.05, 0.1) is 13.0 Å². The number of ether oxygens (including phenoxy) is 1. The molecule has 0 saturated heterocycles. The summed E-state index contributed by atoms with van der Waals surface area (Å²) in [5.74, 6) is 0.218. The number of benzene rings is 1. The lowest BCUT2D eigenvalue weighted by Gasteiger charge is -2.12. The van der Waals surface area contributed by atoms with E-state index in [4.69, 9.17) is 4.74 Å². The zero-order valence-electron chi connectivity index (χ0n) is 11.1. The molecule has 1 rings (SSSR count). The maximum absolute atomic E-state index is 12.1. The largest absolute Gasteiger partial charge is 0.466 e. The summed E-state index contributed by atoms with van der Waals surface area (Å²) in [4.78, 5) is 11.3. The van der Waals surface area contributed by atoms with Crippen LogP contribution in [0.2, 0.25) is 0 Å². The van der Waals surface area contributed by atoms with E-state index in [1.165, 1.54) is 0 Å². The molecule has 1 aromatic carbocycles. The van der Waals surface area contributed by atoms with Crippen LogP contribution in [0.4, 0.5) is 0 Å². The van der Waals surface area contributed by atoms with Gasteiger partial charge in [0.2, 0.25) is 0 Å². The van der Waals surface area contributed by atoms with Crippen molar-refractivity contribution < 1.29 is 13.7 Å². The number of rotatable bonds is 6. The van der Waals surface area contributed by atoms with Crippen molar-refractivity contribution in [3.63, 3.8) is 0 Å². The lowest BCUT2D eigenvalue weighted by atomic mass is 10.1. The Morgan fingerprint density at radius 2 is 2.06 bits per heavy atom. The summed E-state index contributed by atoms with van der Waals surface area (Å²) < 4.78 is 17.0. The SMILES string of the molecule is CCOC(=O)CC(C)S(=O)Cc1ccccc1C. The Balaban J connectivity index is 2.55. The minimum atomic E-state index is -1.05. The summed E-state index contributed by atoms with van der Waals surface area (Å²) in [6, 6.07) is 7.88. The lowest BCUT2D eigenvalue weighted by molar-refractivity contribution is -0.143. The topological polar surface area (TPSA) is 43.4 Å². The summed E-state index contributed by atoms with van der Waals surface area (Å²) in [5, 5.41) is -0.177. The molecule has 0 amide bonds. The van der Waals surface area contributed by atoms with E-state index < -0.39 is 10.8 Å². The first-order valence-electron chi connectivity index (χ1n) is 6.12. The monoisotopic (exact) mass is 268 g/mol. The molecule has 18 heavy (non-hydrogen) atoms. The molecule has 0 radical (unpaired) electrons. The predicted octanol–water partition coefficient (Wildman–Crippen LogP) is 2.59. The Hall–Kier alpha value is -1.16. The molecule has 0 aliphatic carbocycles. The van der Waals surface area contributed by atoms with Gasteiger partial charge in [0.1, 0.15) is 0 Å². The quantitative estimate of drug-likeness (QED) is 0.745. The summed E-state index contributed by atoms with van der Waals surface area (Å²) >= 11 is 0. The second kappa shape index (κ2) is 7.31. The summed E-state index contributed by atoms with van der Waals surface area (Å²) in [7, 11) is -1.05. The zero-order chi connectivity index (χ0) is 13.5. The van der Waals surface area contributed by atoms with Gasteiger partial charge < -0.3 is 4.74 Å². The Labute approximate surface area is 111 Å². The minimum absolute atomic E-state index is 0.177. The maximum Gasteiger partial charge on any atom is 0.306 e. The Bertz CT molecular complexity index is 429. The van der Waals surface area contributed by atoms with Crippen molar-refractivity contribution in [2.75, 3.05) is 6.61 Å². The molecule has 0 aliphatic rings. The van der Waals surface area contributed by atoms with Crippen LogP contribution in [0, 0.1) is 6.92 Å². The van der Waals surface area contributed by atoms with Gasteiger partial charge in [0.15, 0.2) is 0 Å². The van der Waals surface area contributed by atoms with Crippen molar-refractivity contribution in [3.8, 4) is 0 Å². The van der Waals surface area contributed by atoms with Crippen LogP contribution in [0.5, 0.6) is 0 Å². The number of carbonyl (C=O) groups is 1. The average Bonchev–Trinajstić information content (AvgIpc) is 2.32. The van der Waals surface area contributed by atoms with E-state index in [2.05, 4.69) is 0 Å². The molecule has 100 valence electrons. The van der Waals surface area contributed by atoms with Gasteiger partial charge in [-0.25, -0.2) is 0 Å². The molecule has 3 nitrogen and oxygen atoms in total. The number of esters is 1. The first kappa shape index (κ1) is 14.9. The van der Waals surface area contributed by atoms with Crippen LogP contribution in [-0.4, -0.2) is 22.0 Å². The fraction of sp³-hybridized carbons (Fsp3) is 0.500. The third kappa shape index (κ3) is 4.61. The molecule has 4 heteroatoms. The van der Waals surface area contributed by atoms with E-state index in [0.29, 0.717) is 12.4 Å². The molecular formula is C14H20O3S. The second-order valence-corrected chi connectivity index (χ2v) is 6.13. The van der Waals surface area contributed by atoms with E-state index in [1.54, 1.807) is 6.92 Å². The van der Waals surface area contributed by atoms with Crippen LogP contribution in [0.15, 0.2) is 24.3 Å². The molecule has 0 fully saturated rings. The van der Waals surface area contributed by atoms with Crippen molar-refractivity contribution in [2.24, 2.45) is 0 Å². The van der Waals surface area contributed by atoms with Gasteiger partial charge in [0, 0.05) is 21.8 Å². The number of hydrogen-bond acceptors (Lipinski definition) is 3. The van der Waals surface area contributed by atoms with Crippen molar-refractivity contribution in [1.82, 2.24) is 0 Å². The molecule has 0 bridgehead atoms. The van der Waals surface area contributed by atoms with Gasteiger partial charge in [0.25, 0.3) is 0 Å². The molecule has 0 saturated carbocycles. The van der Waals surface area contributed by atoms with Gasteiger partial charge in [-0.15, -0.1) is 0 Å². The minimum Gasteiger partial charge on any atom is -0.466 e. The summed E-state index contributed by atoms with van der Waals surface area (Å²) in [6.07, 6.45) is 0.215. The number of aryl methyl sites for hydroxylation is 1. The molecule has 0 aliphatic heterocycles. The highest BCUT2D eigenvalue weighted by molar-refractivity contribution is 7.84. The first-order valence-corrected chi connectivity index (χ1v) is 7.50. The highest BCUT2D eigenvalue weighted by atomic mass is 32.2. The van der Waals surface area contributed by atoms with Crippen LogP contribution in [0.1, 0.15) is 31.4 Å². The van der Waals surface area contributed by atoms with Gasteiger partial charge in [-0.2, -0.15) is 0 Å². The standard InChI is InChI=1S/C14H20O3S/c1-4-17-14(15)9-12(3)18(16)10-13-8-6-5-7-11(13)2/h5-8,12H,4,9-10H2,1-3H3.